The third-order valence-electron chi connectivity index (χ3n) is 3.27. The van der Waals surface area contributed by atoms with E-state index in [1.807, 2.05) is 48.1 Å². The Morgan fingerprint density at radius 1 is 0.920 bits per heavy atom. The molecule has 8 nitrogen and oxygen atoms in total. The molecule has 0 amide bonds. The highest BCUT2D eigenvalue weighted by molar-refractivity contribution is 5.52. The number of nitrogens with zero attached hydrogens (tertiary/aromatic N) is 4. The van der Waals surface area contributed by atoms with Gasteiger partial charge in [-0.25, -0.2) is 23.2 Å². The van der Waals surface area contributed by atoms with Crippen LogP contribution in [-0.2, 0) is 7.05 Å². The Bertz CT molecular complexity index is 665. The minimum Gasteiger partial charge on any atom is -0.372 e. The average Bonchev–Trinajstić information content (AvgIpc) is 2.55. The van der Waals surface area contributed by atoms with E-state index in [-0.39, 0.29) is 0 Å². The highest BCUT2D eigenvalue weighted by atomic mass is 35.7. The van der Waals surface area contributed by atoms with E-state index in [0.717, 1.165) is 24.6 Å². The summed E-state index contributed by atoms with van der Waals surface area (Å²) >= 11 is 0. The fourth-order valence-corrected chi connectivity index (χ4v) is 2.05. The number of hydrogen-bond acceptors (Lipinski definition) is 7. The summed E-state index contributed by atoms with van der Waals surface area (Å²) in [6, 6.07) is 14.0. The number of halogens is 1. The molecule has 0 N–H and O–H groups in total. The molecular formula is C16H21ClN4O4. The molecule has 136 valence electrons. The van der Waals surface area contributed by atoms with E-state index in [2.05, 4.69) is 41.1 Å². The first-order valence-corrected chi connectivity index (χ1v) is 8.81. The van der Waals surface area contributed by atoms with Gasteiger partial charge >= 0.3 is 5.82 Å². The van der Waals surface area contributed by atoms with Crippen molar-refractivity contribution in [2.75, 3.05) is 18.0 Å². The van der Waals surface area contributed by atoms with Crippen LogP contribution in [0.2, 0.25) is 0 Å². The molecule has 2 aromatic rings. The van der Waals surface area contributed by atoms with Gasteiger partial charge in [-0.15, -0.1) is 10.2 Å². The zero-order chi connectivity index (χ0) is 18.9. The van der Waals surface area contributed by atoms with Gasteiger partial charge in [-0.1, -0.05) is 6.07 Å². The van der Waals surface area contributed by atoms with E-state index in [9.17, 15) is 0 Å². The maximum absolute atomic E-state index is 8.49. The second-order valence-electron chi connectivity index (χ2n) is 4.94. The van der Waals surface area contributed by atoms with Gasteiger partial charge in [0.2, 0.25) is 0 Å². The maximum atomic E-state index is 8.49. The van der Waals surface area contributed by atoms with Crippen LogP contribution in [0, 0.1) is 10.2 Å². The van der Waals surface area contributed by atoms with Crippen LogP contribution in [-0.4, -0.2) is 13.1 Å². The van der Waals surface area contributed by atoms with Crippen LogP contribution in [0.1, 0.15) is 13.8 Å². The Kier molecular flexibility index (Phi) is 8.39. The quantitative estimate of drug-likeness (QED) is 0.495. The van der Waals surface area contributed by atoms with Crippen molar-refractivity contribution in [2.45, 2.75) is 13.8 Å². The SMILES string of the molecule is CCN(CC)c1ccc(/N=N/c2cccc[n+]2C)cc1.[O-][Cl+3]([O-])([O-])[O-]. The van der Waals surface area contributed by atoms with Crippen molar-refractivity contribution in [1.82, 2.24) is 0 Å². The molecule has 0 spiro atoms. The topological polar surface area (TPSA) is 124 Å². The predicted molar refractivity (Wildman–Crippen MR) is 81.8 cm³/mol. The Morgan fingerprint density at radius 3 is 1.96 bits per heavy atom. The first kappa shape index (κ1) is 20.9. The van der Waals surface area contributed by atoms with E-state index < -0.39 is 10.2 Å². The fraction of sp³-hybridized carbons (Fsp3) is 0.312. The van der Waals surface area contributed by atoms with Gasteiger partial charge in [0, 0.05) is 24.8 Å². The monoisotopic (exact) mass is 368 g/mol. The third-order valence-corrected chi connectivity index (χ3v) is 3.27. The molecular weight excluding hydrogens is 348 g/mol. The second kappa shape index (κ2) is 10.0. The van der Waals surface area contributed by atoms with E-state index in [4.69, 9.17) is 18.6 Å². The lowest BCUT2D eigenvalue weighted by molar-refractivity contribution is -2.00. The smallest absolute Gasteiger partial charge is 0.350 e. The molecule has 0 unspecified atom stereocenters. The van der Waals surface area contributed by atoms with Crippen molar-refractivity contribution in [1.29, 1.82) is 0 Å². The number of benzene rings is 1. The Hall–Kier alpha value is -2.10. The lowest BCUT2D eigenvalue weighted by Crippen LogP contribution is -2.68. The van der Waals surface area contributed by atoms with Gasteiger partial charge in [0.25, 0.3) is 0 Å². The Balaban J connectivity index is 0.000000550. The maximum Gasteiger partial charge on any atom is 0.350 e. The molecule has 0 saturated carbocycles. The second-order valence-corrected chi connectivity index (χ2v) is 5.69. The lowest BCUT2D eigenvalue weighted by Gasteiger charge is -2.20. The summed E-state index contributed by atoms with van der Waals surface area (Å²) in [5.41, 5.74) is 2.09. The molecule has 9 heteroatoms. The van der Waals surface area contributed by atoms with Crippen LogP contribution in [0.4, 0.5) is 17.2 Å². The molecule has 0 atom stereocenters. The summed E-state index contributed by atoms with van der Waals surface area (Å²) in [6.07, 6.45) is 1.96. The van der Waals surface area contributed by atoms with Crippen LogP contribution in [0.5, 0.6) is 0 Å². The van der Waals surface area contributed by atoms with Crippen molar-refractivity contribution in [3.8, 4) is 0 Å². The molecule has 2 rings (SSSR count). The van der Waals surface area contributed by atoms with Crippen molar-refractivity contribution in [2.24, 2.45) is 17.3 Å². The van der Waals surface area contributed by atoms with Crippen LogP contribution in [0.15, 0.2) is 58.9 Å². The minimum absolute atomic E-state index is 0.834. The van der Waals surface area contributed by atoms with E-state index in [1.165, 1.54) is 5.69 Å². The van der Waals surface area contributed by atoms with Crippen LogP contribution < -0.4 is 28.1 Å². The van der Waals surface area contributed by atoms with Gasteiger partial charge in [-0.2, -0.15) is 0 Å². The highest BCUT2D eigenvalue weighted by Gasteiger charge is 2.05. The fourth-order valence-electron chi connectivity index (χ4n) is 2.05. The number of azo groups is 1. The number of pyridine rings is 1. The molecule has 0 bridgehead atoms. The molecule has 1 aromatic carbocycles. The zero-order valence-corrected chi connectivity index (χ0v) is 15.1. The number of aromatic nitrogens is 1. The predicted octanol–water partition coefficient (Wildman–Crippen LogP) is -0.983. The molecule has 1 heterocycles. The van der Waals surface area contributed by atoms with Gasteiger partial charge in [-0.05, 0) is 49.3 Å². The van der Waals surface area contributed by atoms with Crippen molar-refractivity contribution in [3.05, 3.63) is 48.7 Å². The average molecular weight is 369 g/mol. The van der Waals surface area contributed by atoms with Gasteiger partial charge in [-0.3, -0.25) is 0 Å². The van der Waals surface area contributed by atoms with Crippen LogP contribution in [0.25, 0.3) is 0 Å². The van der Waals surface area contributed by atoms with Crippen molar-refractivity contribution < 1.29 is 33.4 Å². The number of aryl methyl sites for hydroxylation is 1. The van der Waals surface area contributed by atoms with Crippen molar-refractivity contribution in [3.63, 3.8) is 0 Å². The van der Waals surface area contributed by atoms with Gasteiger partial charge in [0.1, 0.15) is 5.69 Å². The van der Waals surface area contributed by atoms with Crippen molar-refractivity contribution >= 4 is 17.2 Å². The Morgan fingerprint density at radius 2 is 1.48 bits per heavy atom. The molecule has 0 radical (unpaired) electrons. The molecule has 0 aliphatic rings. The number of rotatable bonds is 5. The standard InChI is InChI=1S/C16H21N4.ClHO4/c1-4-20(5-2)15-11-9-14(10-12-15)17-18-16-8-6-7-13-19(16)3;2-1(3,4)5/h6-13H,4-5H2,1-3H3;(H,2,3,4,5)/q+1;/p-1. The number of anilines is 1. The van der Waals surface area contributed by atoms with E-state index >= 15 is 0 Å². The lowest BCUT2D eigenvalue weighted by atomic mass is 10.2. The molecule has 0 saturated heterocycles. The minimum atomic E-state index is -4.94. The van der Waals surface area contributed by atoms with Crippen LogP contribution in [0.3, 0.4) is 0 Å². The Labute approximate surface area is 149 Å². The number of hydrogen-bond donors (Lipinski definition) is 0. The summed E-state index contributed by atoms with van der Waals surface area (Å²) in [5.74, 6) is 0.834. The van der Waals surface area contributed by atoms with Crippen LogP contribution >= 0.6 is 0 Å². The molecule has 0 aliphatic carbocycles. The van der Waals surface area contributed by atoms with Gasteiger partial charge in [0.15, 0.2) is 0 Å². The molecule has 0 aliphatic heterocycles. The largest absolute Gasteiger partial charge is 0.372 e. The van der Waals surface area contributed by atoms with E-state index in [0.29, 0.717) is 0 Å². The molecule has 1 aromatic heterocycles. The summed E-state index contributed by atoms with van der Waals surface area (Å²) < 4.78 is 35.9. The van der Waals surface area contributed by atoms with Gasteiger partial charge < -0.3 is 4.90 Å². The van der Waals surface area contributed by atoms with Gasteiger partial charge in [0.05, 0.1) is 18.4 Å². The molecule has 25 heavy (non-hydrogen) atoms. The highest BCUT2D eigenvalue weighted by Crippen LogP contribution is 2.21. The molecule has 0 fully saturated rings. The summed E-state index contributed by atoms with van der Waals surface area (Å²) in [5, 5.41) is 8.54. The summed E-state index contributed by atoms with van der Waals surface area (Å²) in [4.78, 5) is 2.30. The summed E-state index contributed by atoms with van der Waals surface area (Å²) in [7, 11) is -2.99. The summed E-state index contributed by atoms with van der Waals surface area (Å²) in [6.45, 7) is 6.34. The normalized spacial score (nSPS) is 11.2. The first-order chi connectivity index (χ1) is 11.7. The van der Waals surface area contributed by atoms with E-state index in [1.54, 1.807) is 0 Å². The first-order valence-electron chi connectivity index (χ1n) is 7.57. The zero-order valence-electron chi connectivity index (χ0n) is 14.3. The third kappa shape index (κ3) is 8.52.